The maximum Gasteiger partial charge on any atom is 0.157 e. The van der Waals surface area contributed by atoms with E-state index in [-0.39, 0.29) is 0 Å². The summed E-state index contributed by atoms with van der Waals surface area (Å²) in [6, 6.07) is 9.93. The van der Waals surface area contributed by atoms with Gasteiger partial charge in [-0.3, -0.25) is 0 Å². The van der Waals surface area contributed by atoms with Gasteiger partial charge in [0.25, 0.3) is 0 Å². The topological polar surface area (TPSA) is 60.0 Å². The molecule has 3 rings (SSSR count). The highest BCUT2D eigenvalue weighted by Gasteiger charge is 2.07. The van der Waals surface area contributed by atoms with Gasteiger partial charge in [-0.15, -0.1) is 0 Å². The van der Waals surface area contributed by atoms with Crippen LogP contribution in [0.15, 0.2) is 36.5 Å². The van der Waals surface area contributed by atoms with Gasteiger partial charge in [0.2, 0.25) is 0 Å². The van der Waals surface area contributed by atoms with Crippen molar-refractivity contribution in [1.29, 1.82) is 0 Å². The van der Waals surface area contributed by atoms with Crippen LogP contribution in [0, 0.1) is 6.92 Å². The fourth-order valence-corrected chi connectivity index (χ4v) is 2.09. The number of hydrogen-bond acceptors (Lipinski definition) is 4. The van der Waals surface area contributed by atoms with Crippen LogP contribution in [0.1, 0.15) is 5.56 Å². The molecule has 1 N–H and O–H groups in total. The quantitative estimate of drug-likeness (QED) is 0.731. The van der Waals surface area contributed by atoms with Crippen LogP contribution in [0.4, 0.5) is 0 Å². The van der Waals surface area contributed by atoms with E-state index in [9.17, 15) is 0 Å². The minimum Gasteiger partial charge on any atom is -0.490 e. The van der Waals surface area contributed by atoms with E-state index in [1.54, 1.807) is 13.3 Å². The molecule has 0 saturated heterocycles. The molecular weight excluding hydrogens is 266 g/mol. The number of pyridine rings is 1. The Bertz CT molecular complexity index is 735. The van der Waals surface area contributed by atoms with Crippen LogP contribution in [0.5, 0.6) is 5.75 Å². The van der Waals surface area contributed by atoms with Crippen molar-refractivity contribution in [3.8, 4) is 17.3 Å². The third kappa shape index (κ3) is 3.03. The Morgan fingerprint density at radius 2 is 2.05 bits per heavy atom. The van der Waals surface area contributed by atoms with Gasteiger partial charge in [-0.1, -0.05) is 6.07 Å². The Morgan fingerprint density at radius 3 is 2.81 bits per heavy atom. The second-order valence-corrected chi connectivity index (χ2v) is 4.83. The number of H-pyrrole nitrogens is 1. The minimum atomic E-state index is 0.515. The molecule has 0 spiro atoms. The standard InChI is InChI=1S/C16H17N3O2/c1-11-3-5-13-15(9-11)19-16(18-13)14-6-4-12(10-17-14)21-8-7-20-2/h3-6,9-10H,7-8H2,1-2H3,(H,18,19). The van der Waals surface area contributed by atoms with Crippen molar-refractivity contribution in [2.75, 3.05) is 20.3 Å². The molecule has 0 aliphatic heterocycles. The van der Waals surface area contributed by atoms with E-state index in [0.29, 0.717) is 13.2 Å². The molecular formula is C16H17N3O2. The summed E-state index contributed by atoms with van der Waals surface area (Å²) in [6.07, 6.45) is 1.70. The maximum absolute atomic E-state index is 5.49. The highest BCUT2D eigenvalue weighted by atomic mass is 16.5. The fourth-order valence-electron chi connectivity index (χ4n) is 2.09. The predicted octanol–water partition coefficient (Wildman–Crippen LogP) is 2.96. The largest absolute Gasteiger partial charge is 0.490 e. The molecule has 0 fully saturated rings. The maximum atomic E-state index is 5.49. The zero-order valence-corrected chi connectivity index (χ0v) is 12.1. The van der Waals surface area contributed by atoms with E-state index in [1.807, 2.05) is 18.2 Å². The van der Waals surface area contributed by atoms with Crippen molar-refractivity contribution in [3.05, 3.63) is 42.1 Å². The van der Waals surface area contributed by atoms with Crippen LogP contribution in [-0.2, 0) is 4.74 Å². The number of nitrogens with one attached hydrogen (secondary N) is 1. The van der Waals surface area contributed by atoms with Crippen molar-refractivity contribution in [2.45, 2.75) is 6.92 Å². The third-order valence-corrected chi connectivity index (χ3v) is 3.17. The number of hydrogen-bond donors (Lipinski definition) is 1. The Morgan fingerprint density at radius 1 is 1.14 bits per heavy atom. The van der Waals surface area contributed by atoms with Crippen molar-refractivity contribution in [1.82, 2.24) is 15.0 Å². The van der Waals surface area contributed by atoms with Gasteiger partial charge in [-0.05, 0) is 36.8 Å². The number of benzene rings is 1. The number of aromatic amines is 1. The Kier molecular flexibility index (Phi) is 3.83. The van der Waals surface area contributed by atoms with Gasteiger partial charge in [0, 0.05) is 7.11 Å². The summed E-state index contributed by atoms with van der Waals surface area (Å²) in [5, 5.41) is 0. The SMILES string of the molecule is COCCOc1ccc(-c2nc3cc(C)ccc3[nH]2)nc1. The fraction of sp³-hybridized carbons (Fsp3) is 0.250. The summed E-state index contributed by atoms with van der Waals surface area (Å²) in [6.45, 7) is 3.13. The summed E-state index contributed by atoms with van der Waals surface area (Å²) < 4.78 is 10.4. The lowest BCUT2D eigenvalue weighted by molar-refractivity contribution is 0.146. The molecule has 5 heteroatoms. The van der Waals surface area contributed by atoms with Crippen molar-refractivity contribution < 1.29 is 9.47 Å². The summed E-state index contributed by atoms with van der Waals surface area (Å²) >= 11 is 0. The molecule has 0 bridgehead atoms. The van der Waals surface area contributed by atoms with E-state index in [2.05, 4.69) is 34.0 Å². The van der Waals surface area contributed by atoms with Crippen molar-refractivity contribution >= 4 is 11.0 Å². The molecule has 0 saturated carbocycles. The Labute approximate surface area is 123 Å². The first-order valence-electron chi connectivity index (χ1n) is 6.81. The number of aromatic nitrogens is 3. The number of rotatable bonds is 5. The van der Waals surface area contributed by atoms with E-state index >= 15 is 0 Å². The van der Waals surface area contributed by atoms with E-state index in [4.69, 9.17) is 9.47 Å². The van der Waals surface area contributed by atoms with Gasteiger partial charge in [0.1, 0.15) is 18.1 Å². The molecule has 0 unspecified atom stereocenters. The highest BCUT2D eigenvalue weighted by molar-refractivity contribution is 5.79. The second-order valence-electron chi connectivity index (χ2n) is 4.83. The molecule has 0 atom stereocenters. The molecule has 21 heavy (non-hydrogen) atoms. The number of ether oxygens (including phenoxy) is 2. The average Bonchev–Trinajstić information content (AvgIpc) is 2.91. The number of methoxy groups -OCH3 is 1. The minimum absolute atomic E-state index is 0.515. The molecule has 0 amide bonds. The molecule has 0 radical (unpaired) electrons. The zero-order chi connectivity index (χ0) is 14.7. The van der Waals surface area contributed by atoms with Crippen molar-refractivity contribution in [3.63, 3.8) is 0 Å². The molecule has 0 aliphatic carbocycles. The summed E-state index contributed by atoms with van der Waals surface area (Å²) in [4.78, 5) is 12.2. The average molecular weight is 283 g/mol. The second kappa shape index (κ2) is 5.93. The predicted molar refractivity (Wildman–Crippen MR) is 81.4 cm³/mol. The lowest BCUT2D eigenvalue weighted by atomic mass is 10.2. The first-order chi connectivity index (χ1) is 10.3. The number of imidazole rings is 1. The third-order valence-electron chi connectivity index (χ3n) is 3.17. The molecule has 108 valence electrons. The molecule has 0 aliphatic rings. The van der Waals surface area contributed by atoms with Gasteiger partial charge in [0.05, 0.1) is 23.8 Å². The van der Waals surface area contributed by atoms with Crippen LogP contribution in [-0.4, -0.2) is 35.3 Å². The lowest BCUT2D eigenvalue weighted by Crippen LogP contribution is -2.04. The number of fused-ring (bicyclic) bond motifs is 1. The Balaban J connectivity index is 1.81. The van der Waals surface area contributed by atoms with E-state index in [1.165, 1.54) is 5.56 Å². The molecule has 1 aromatic carbocycles. The van der Waals surface area contributed by atoms with E-state index < -0.39 is 0 Å². The van der Waals surface area contributed by atoms with Crippen LogP contribution in [0.2, 0.25) is 0 Å². The van der Waals surface area contributed by atoms with Crippen LogP contribution in [0.3, 0.4) is 0 Å². The summed E-state index contributed by atoms with van der Waals surface area (Å²) in [5.74, 6) is 1.49. The van der Waals surface area contributed by atoms with Crippen molar-refractivity contribution in [2.24, 2.45) is 0 Å². The Hall–Kier alpha value is -2.40. The lowest BCUT2D eigenvalue weighted by Gasteiger charge is -2.04. The van der Waals surface area contributed by atoms with Gasteiger partial charge < -0.3 is 14.5 Å². The van der Waals surface area contributed by atoms with Crippen LogP contribution < -0.4 is 4.74 Å². The molecule has 2 aromatic heterocycles. The zero-order valence-electron chi connectivity index (χ0n) is 12.1. The first kappa shape index (κ1) is 13.6. The van der Waals surface area contributed by atoms with Gasteiger partial charge in [-0.25, -0.2) is 9.97 Å². The van der Waals surface area contributed by atoms with Crippen LogP contribution in [0.25, 0.3) is 22.6 Å². The number of aryl methyl sites for hydroxylation is 1. The smallest absolute Gasteiger partial charge is 0.157 e. The van der Waals surface area contributed by atoms with Crippen LogP contribution >= 0.6 is 0 Å². The first-order valence-corrected chi connectivity index (χ1v) is 6.81. The van der Waals surface area contributed by atoms with Gasteiger partial charge >= 0.3 is 0 Å². The molecule has 3 aromatic rings. The molecule has 2 heterocycles. The molecule has 5 nitrogen and oxygen atoms in total. The summed E-state index contributed by atoms with van der Waals surface area (Å²) in [5.41, 5.74) is 3.95. The number of nitrogens with zero attached hydrogens (tertiary/aromatic N) is 2. The highest BCUT2D eigenvalue weighted by Crippen LogP contribution is 2.21. The monoisotopic (exact) mass is 283 g/mol. The summed E-state index contributed by atoms with van der Waals surface area (Å²) in [7, 11) is 1.65. The normalized spacial score (nSPS) is 11.0. The van der Waals surface area contributed by atoms with Gasteiger partial charge in [-0.2, -0.15) is 0 Å². The van der Waals surface area contributed by atoms with Gasteiger partial charge in [0.15, 0.2) is 5.82 Å². The van der Waals surface area contributed by atoms with E-state index in [0.717, 1.165) is 28.3 Å².